The van der Waals surface area contributed by atoms with Crippen LogP contribution >= 0.6 is 11.6 Å². The first kappa shape index (κ1) is 13.1. The lowest BCUT2D eigenvalue weighted by Gasteiger charge is -2.23. The summed E-state index contributed by atoms with van der Waals surface area (Å²) in [6, 6.07) is -0.188. The average Bonchev–Trinajstić information content (AvgIpc) is 2.57. The van der Waals surface area contributed by atoms with Crippen LogP contribution in [0.2, 0.25) is 0 Å². The number of fused-ring (bicyclic) bond motifs is 1. The Bertz CT molecular complexity index is 473. The van der Waals surface area contributed by atoms with E-state index in [1.165, 1.54) is 0 Å². The summed E-state index contributed by atoms with van der Waals surface area (Å²) in [5.74, 6) is 0.161. The van der Waals surface area contributed by atoms with E-state index in [0.29, 0.717) is 5.17 Å². The molecule has 0 aromatic rings. The molecule has 0 aromatic carbocycles. The Kier molecular flexibility index (Phi) is 3.19. The number of amides is 1. The molecule has 18 heavy (non-hydrogen) atoms. The second kappa shape index (κ2) is 4.39. The Morgan fingerprint density at radius 2 is 2.17 bits per heavy atom. The first-order chi connectivity index (χ1) is 8.27. The van der Waals surface area contributed by atoms with E-state index < -0.39 is 5.41 Å². The maximum atomic E-state index is 11.9. The van der Waals surface area contributed by atoms with Gasteiger partial charge >= 0.3 is 0 Å². The highest BCUT2D eigenvalue weighted by molar-refractivity contribution is 6.67. The van der Waals surface area contributed by atoms with Crippen LogP contribution in [0.3, 0.4) is 0 Å². The summed E-state index contributed by atoms with van der Waals surface area (Å²) in [5, 5.41) is 6.31. The molecule has 2 aliphatic heterocycles. The molecule has 1 amide bonds. The predicted molar refractivity (Wildman–Crippen MR) is 72.8 cm³/mol. The van der Waals surface area contributed by atoms with E-state index in [1.54, 1.807) is 0 Å². The number of nitrogens with zero attached hydrogens (tertiary/aromatic N) is 2. The molecule has 2 unspecified atom stereocenters. The average molecular weight is 269 g/mol. The van der Waals surface area contributed by atoms with E-state index in [9.17, 15) is 4.79 Å². The van der Waals surface area contributed by atoms with E-state index in [2.05, 4.69) is 20.6 Å². The van der Waals surface area contributed by atoms with E-state index >= 15 is 0 Å². The molecule has 0 radical (unpaired) electrons. The van der Waals surface area contributed by atoms with Gasteiger partial charge in [0.1, 0.15) is 17.3 Å². The molecule has 0 aliphatic carbocycles. The fraction of sp³-hybridized carbons (Fsp3) is 0.583. The monoisotopic (exact) mass is 268 g/mol. The van der Waals surface area contributed by atoms with Crippen molar-refractivity contribution in [3.05, 3.63) is 11.8 Å². The highest BCUT2D eigenvalue weighted by Gasteiger charge is 2.33. The van der Waals surface area contributed by atoms with Crippen LogP contribution in [0.25, 0.3) is 0 Å². The second-order valence-electron chi connectivity index (χ2n) is 5.55. The highest BCUT2D eigenvalue weighted by atomic mass is 35.5. The van der Waals surface area contributed by atoms with Crippen LogP contribution < -0.4 is 10.6 Å². The third-order valence-corrected chi connectivity index (χ3v) is 3.11. The molecule has 2 atom stereocenters. The number of halogens is 1. The largest absolute Gasteiger partial charge is 0.377 e. The first-order valence-corrected chi connectivity index (χ1v) is 6.23. The van der Waals surface area contributed by atoms with Crippen LogP contribution in [0.1, 0.15) is 27.7 Å². The maximum Gasteiger partial charge on any atom is 0.232 e. The van der Waals surface area contributed by atoms with Crippen molar-refractivity contribution in [1.82, 2.24) is 10.6 Å². The summed E-state index contributed by atoms with van der Waals surface area (Å²) >= 11 is 6.10. The lowest BCUT2D eigenvalue weighted by atomic mass is 9.96. The van der Waals surface area contributed by atoms with Crippen molar-refractivity contribution >= 4 is 28.6 Å². The van der Waals surface area contributed by atoms with Crippen molar-refractivity contribution in [1.29, 1.82) is 0 Å². The SMILES string of the molecule is CC1=CC2N=C(NC(=O)C(C)(C)C)N=C(Cl)C2N1. The fourth-order valence-corrected chi connectivity index (χ4v) is 2.00. The zero-order valence-corrected chi connectivity index (χ0v) is 11.7. The van der Waals surface area contributed by atoms with Crippen molar-refractivity contribution in [2.45, 2.75) is 39.8 Å². The Labute approximate surface area is 111 Å². The number of carbonyl (C=O) groups is 1. The molecule has 2 rings (SSSR count). The Morgan fingerprint density at radius 3 is 2.78 bits per heavy atom. The van der Waals surface area contributed by atoms with Gasteiger partial charge in [0, 0.05) is 11.1 Å². The summed E-state index contributed by atoms with van der Waals surface area (Å²) in [6.07, 6.45) is 1.98. The van der Waals surface area contributed by atoms with Crippen molar-refractivity contribution in [3.8, 4) is 0 Å². The number of guanidine groups is 1. The van der Waals surface area contributed by atoms with Gasteiger partial charge in [-0.3, -0.25) is 10.1 Å². The van der Waals surface area contributed by atoms with Gasteiger partial charge in [0.25, 0.3) is 0 Å². The Balaban J connectivity index is 2.16. The molecule has 98 valence electrons. The lowest BCUT2D eigenvalue weighted by molar-refractivity contribution is -0.126. The molecule has 6 heteroatoms. The number of rotatable bonds is 0. The Morgan fingerprint density at radius 1 is 1.50 bits per heavy atom. The summed E-state index contributed by atoms with van der Waals surface area (Å²) in [7, 11) is 0. The minimum atomic E-state index is -0.485. The summed E-state index contributed by atoms with van der Waals surface area (Å²) in [6.45, 7) is 7.45. The van der Waals surface area contributed by atoms with Crippen molar-refractivity contribution in [2.24, 2.45) is 15.4 Å². The third-order valence-electron chi connectivity index (χ3n) is 2.79. The number of hydrogen-bond acceptors (Lipinski definition) is 4. The molecular formula is C12H17ClN4O. The van der Waals surface area contributed by atoms with Gasteiger partial charge in [0.15, 0.2) is 0 Å². The minimum Gasteiger partial charge on any atom is -0.377 e. The standard InChI is InChI=1S/C12H17ClN4O/c1-6-5-7-8(14-6)9(13)16-11(15-7)17-10(18)12(2,3)4/h5,7-8,14H,1-4H3,(H,15,17,18). The highest BCUT2D eigenvalue weighted by Crippen LogP contribution is 2.20. The van der Waals surface area contributed by atoms with Gasteiger partial charge in [0.2, 0.25) is 11.9 Å². The zero-order valence-electron chi connectivity index (χ0n) is 10.9. The lowest BCUT2D eigenvalue weighted by Crippen LogP contribution is -2.45. The van der Waals surface area contributed by atoms with Gasteiger partial charge in [-0.25, -0.2) is 9.98 Å². The van der Waals surface area contributed by atoms with Crippen LogP contribution in [0.15, 0.2) is 21.8 Å². The Hall–Kier alpha value is -1.36. The summed E-state index contributed by atoms with van der Waals surface area (Å²) in [4.78, 5) is 20.3. The van der Waals surface area contributed by atoms with E-state index in [4.69, 9.17) is 11.6 Å². The van der Waals surface area contributed by atoms with Gasteiger partial charge in [-0.15, -0.1) is 0 Å². The zero-order chi connectivity index (χ0) is 13.5. The van der Waals surface area contributed by atoms with Crippen LogP contribution in [0.4, 0.5) is 0 Å². The molecule has 2 N–H and O–H groups in total. The van der Waals surface area contributed by atoms with Crippen LogP contribution in [0.5, 0.6) is 0 Å². The number of carbonyl (C=O) groups excluding carboxylic acids is 1. The molecule has 2 heterocycles. The fourth-order valence-electron chi connectivity index (χ4n) is 1.73. The molecule has 0 fully saturated rings. The van der Waals surface area contributed by atoms with Crippen molar-refractivity contribution in [2.75, 3.05) is 0 Å². The second-order valence-corrected chi connectivity index (χ2v) is 5.94. The smallest absolute Gasteiger partial charge is 0.232 e. The molecule has 0 saturated heterocycles. The topological polar surface area (TPSA) is 65.8 Å². The van der Waals surface area contributed by atoms with Crippen molar-refractivity contribution in [3.63, 3.8) is 0 Å². The predicted octanol–water partition coefficient (Wildman–Crippen LogP) is 1.40. The van der Waals surface area contributed by atoms with E-state index in [-0.39, 0.29) is 24.0 Å². The molecule has 0 spiro atoms. The first-order valence-electron chi connectivity index (χ1n) is 5.85. The summed E-state index contributed by atoms with van der Waals surface area (Å²) in [5.41, 5.74) is 0.534. The molecular weight excluding hydrogens is 252 g/mol. The number of hydrogen-bond donors (Lipinski definition) is 2. The van der Waals surface area contributed by atoms with Crippen LogP contribution in [0, 0.1) is 5.41 Å². The van der Waals surface area contributed by atoms with E-state index in [0.717, 1.165) is 5.70 Å². The number of allylic oxidation sites excluding steroid dienone is 1. The minimum absolute atomic E-state index is 0.0923. The van der Waals surface area contributed by atoms with E-state index in [1.807, 2.05) is 33.8 Å². The van der Waals surface area contributed by atoms with Crippen molar-refractivity contribution < 1.29 is 4.79 Å². The van der Waals surface area contributed by atoms with Gasteiger partial charge in [-0.2, -0.15) is 0 Å². The van der Waals surface area contributed by atoms with Gasteiger partial charge < -0.3 is 5.32 Å². The van der Waals surface area contributed by atoms with Gasteiger partial charge in [0.05, 0.1) is 0 Å². The van der Waals surface area contributed by atoms with Crippen LogP contribution in [-0.2, 0) is 4.79 Å². The maximum absolute atomic E-state index is 11.9. The third kappa shape index (κ3) is 2.56. The number of nitrogens with one attached hydrogen (secondary N) is 2. The molecule has 5 nitrogen and oxygen atoms in total. The molecule has 0 aromatic heterocycles. The quantitative estimate of drug-likeness (QED) is 0.697. The normalized spacial score (nSPS) is 26.6. The van der Waals surface area contributed by atoms with Crippen LogP contribution in [-0.4, -0.2) is 29.1 Å². The number of aliphatic imine (C=N–C) groups is 2. The molecule has 0 bridgehead atoms. The van der Waals surface area contributed by atoms with Gasteiger partial charge in [-0.1, -0.05) is 32.4 Å². The molecule has 0 saturated carbocycles. The molecule has 2 aliphatic rings. The summed E-state index contributed by atoms with van der Waals surface area (Å²) < 4.78 is 0. The van der Waals surface area contributed by atoms with Gasteiger partial charge in [-0.05, 0) is 13.0 Å².